The van der Waals surface area contributed by atoms with Crippen molar-refractivity contribution in [1.29, 1.82) is 0 Å². The number of aromatic nitrogens is 3. The molecule has 0 spiro atoms. The number of hydrogen-bond acceptors (Lipinski definition) is 8. The summed E-state index contributed by atoms with van der Waals surface area (Å²) in [5.41, 5.74) is 2.07. The van der Waals surface area contributed by atoms with Gasteiger partial charge in [-0.25, -0.2) is 17.9 Å². The van der Waals surface area contributed by atoms with Gasteiger partial charge in [-0.2, -0.15) is 4.31 Å². The molecule has 5 rings (SSSR count). The van der Waals surface area contributed by atoms with Gasteiger partial charge in [-0.1, -0.05) is 53.2 Å². The molecule has 0 amide bonds. The molecule has 3 heterocycles. The lowest BCUT2D eigenvalue weighted by Gasteiger charge is -2.22. The van der Waals surface area contributed by atoms with E-state index in [0.29, 0.717) is 35.9 Å². The minimum Gasteiger partial charge on any atom is -0.458 e. The molecule has 10 nitrogen and oxygen atoms in total. The first-order valence-corrected chi connectivity index (χ1v) is 13.7. The normalized spacial score (nSPS) is 17.5. The standard InChI is InChI=1S/C25H26ClN5O5S/c1-29(10-11-35-25(32)24-12-18-6-3-5-9-23(18)36-24)21-16-31(37(33,34)17-21)15-20-14-30(28-27-20)13-19-7-2-4-8-22(19)26/h2-9,12,14,21H,10-11,13,15-17H2,1H3. The number of sulfonamides is 1. The molecular weight excluding hydrogens is 518 g/mol. The summed E-state index contributed by atoms with van der Waals surface area (Å²) in [5.74, 6) is -0.430. The van der Waals surface area contributed by atoms with Gasteiger partial charge in [0.25, 0.3) is 0 Å². The van der Waals surface area contributed by atoms with Crippen LogP contribution in [0.1, 0.15) is 21.8 Å². The Morgan fingerprint density at radius 3 is 2.78 bits per heavy atom. The SMILES string of the molecule is CN(CCOC(=O)c1cc2ccccc2o1)C1CN(Cc2cn(Cc3ccccc3Cl)nn2)S(=O)(=O)C1. The second kappa shape index (κ2) is 10.6. The van der Waals surface area contributed by atoms with E-state index in [4.69, 9.17) is 20.8 Å². The van der Waals surface area contributed by atoms with Crippen LogP contribution in [0.4, 0.5) is 0 Å². The molecular formula is C25H26ClN5O5S. The average molecular weight is 544 g/mol. The van der Waals surface area contributed by atoms with E-state index in [1.54, 1.807) is 23.0 Å². The summed E-state index contributed by atoms with van der Waals surface area (Å²) >= 11 is 6.22. The van der Waals surface area contributed by atoms with Gasteiger partial charge >= 0.3 is 5.97 Å². The van der Waals surface area contributed by atoms with Gasteiger partial charge in [0.2, 0.25) is 15.8 Å². The molecule has 0 bridgehead atoms. The van der Waals surface area contributed by atoms with E-state index in [1.807, 2.05) is 54.4 Å². The van der Waals surface area contributed by atoms with Crippen molar-refractivity contribution in [2.45, 2.75) is 19.1 Å². The predicted octanol–water partition coefficient (Wildman–Crippen LogP) is 3.03. The first kappa shape index (κ1) is 25.4. The number of rotatable bonds is 9. The third kappa shape index (κ3) is 5.85. The van der Waals surface area contributed by atoms with Crippen molar-refractivity contribution < 1.29 is 22.4 Å². The van der Waals surface area contributed by atoms with Crippen LogP contribution in [-0.4, -0.2) is 77.1 Å². The predicted molar refractivity (Wildman–Crippen MR) is 138 cm³/mol. The van der Waals surface area contributed by atoms with Crippen molar-refractivity contribution >= 4 is 38.6 Å². The Morgan fingerprint density at radius 2 is 1.97 bits per heavy atom. The number of carbonyl (C=O) groups is 1. The summed E-state index contributed by atoms with van der Waals surface area (Å²) < 4.78 is 39.5. The summed E-state index contributed by atoms with van der Waals surface area (Å²) in [6.07, 6.45) is 1.73. The van der Waals surface area contributed by atoms with Crippen molar-refractivity contribution in [1.82, 2.24) is 24.2 Å². The van der Waals surface area contributed by atoms with Gasteiger partial charge in [-0.3, -0.25) is 4.90 Å². The smallest absolute Gasteiger partial charge is 0.374 e. The van der Waals surface area contributed by atoms with Crippen LogP contribution in [-0.2, 0) is 27.8 Å². The number of fused-ring (bicyclic) bond motifs is 1. The number of halogens is 1. The molecule has 1 aliphatic rings. The Bertz CT molecular complexity index is 1490. The number of carbonyl (C=O) groups excluding carboxylic acids is 1. The van der Waals surface area contributed by atoms with Crippen molar-refractivity contribution in [3.8, 4) is 0 Å². The minimum absolute atomic E-state index is 0.0191. The third-order valence-corrected chi connectivity index (χ3v) is 8.59. The number of benzene rings is 2. The molecule has 4 aromatic rings. The fourth-order valence-electron chi connectivity index (χ4n) is 4.27. The van der Waals surface area contributed by atoms with E-state index in [2.05, 4.69) is 10.3 Å². The number of ether oxygens (including phenoxy) is 1. The molecule has 0 saturated carbocycles. The molecule has 2 aromatic carbocycles. The van der Waals surface area contributed by atoms with Crippen LogP contribution in [0.5, 0.6) is 0 Å². The van der Waals surface area contributed by atoms with Crippen molar-refractivity contribution in [3.05, 3.63) is 82.8 Å². The summed E-state index contributed by atoms with van der Waals surface area (Å²) in [6.45, 7) is 1.38. The summed E-state index contributed by atoms with van der Waals surface area (Å²) in [5, 5.41) is 9.71. The number of nitrogens with zero attached hydrogens (tertiary/aromatic N) is 5. The van der Waals surface area contributed by atoms with Gasteiger partial charge < -0.3 is 9.15 Å². The lowest BCUT2D eigenvalue weighted by Crippen LogP contribution is -2.38. The van der Waals surface area contributed by atoms with Gasteiger partial charge in [0.1, 0.15) is 12.2 Å². The maximum Gasteiger partial charge on any atom is 0.374 e. The lowest BCUT2D eigenvalue weighted by atomic mass is 10.2. The highest BCUT2D eigenvalue weighted by Gasteiger charge is 2.38. The maximum absolute atomic E-state index is 12.8. The van der Waals surface area contributed by atoms with Crippen LogP contribution in [0.15, 0.2) is 65.2 Å². The van der Waals surface area contributed by atoms with Gasteiger partial charge in [-0.15, -0.1) is 5.10 Å². The first-order valence-electron chi connectivity index (χ1n) is 11.7. The molecule has 194 valence electrons. The molecule has 1 aliphatic heterocycles. The van der Waals surface area contributed by atoms with Crippen LogP contribution in [0, 0.1) is 0 Å². The fraction of sp³-hybridized carbons (Fsp3) is 0.320. The van der Waals surface area contributed by atoms with Crippen LogP contribution >= 0.6 is 11.6 Å². The molecule has 0 radical (unpaired) electrons. The van der Waals surface area contributed by atoms with E-state index in [1.165, 1.54) is 4.31 Å². The van der Waals surface area contributed by atoms with Crippen molar-refractivity contribution in [2.75, 3.05) is 32.5 Å². The molecule has 1 atom stereocenters. The highest BCUT2D eigenvalue weighted by molar-refractivity contribution is 7.89. The Labute approximate surface area is 219 Å². The highest BCUT2D eigenvalue weighted by atomic mass is 35.5. The first-order chi connectivity index (χ1) is 17.8. The van der Waals surface area contributed by atoms with Crippen molar-refractivity contribution in [3.63, 3.8) is 0 Å². The van der Waals surface area contributed by atoms with Gasteiger partial charge in [0.05, 0.1) is 30.7 Å². The number of hydrogen-bond donors (Lipinski definition) is 0. The second-order valence-electron chi connectivity index (χ2n) is 8.99. The number of para-hydroxylation sites is 1. The molecule has 12 heteroatoms. The quantitative estimate of drug-likeness (QED) is 0.296. The zero-order chi connectivity index (χ0) is 26.0. The molecule has 0 aliphatic carbocycles. The number of esters is 1. The van der Waals surface area contributed by atoms with Crippen molar-refractivity contribution in [2.24, 2.45) is 0 Å². The van der Waals surface area contributed by atoms with E-state index in [0.717, 1.165) is 10.9 Å². The second-order valence-corrected chi connectivity index (χ2v) is 11.4. The van der Waals surface area contributed by atoms with Crippen LogP contribution in [0.3, 0.4) is 0 Å². The van der Waals surface area contributed by atoms with Gasteiger partial charge in [0.15, 0.2) is 0 Å². The van der Waals surface area contributed by atoms with Crippen LogP contribution in [0.25, 0.3) is 11.0 Å². The zero-order valence-electron chi connectivity index (χ0n) is 20.2. The third-order valence-electron chi connectivity index (χ3n) is 6.35. The Morgan fingerprint density at radius 1 is 1.19 bits per heavy atom. The molecule has 1 unspecified atom stereocenters. The summed E-state index contributed by atoms with van der Waals surface area (Å²) in [4.78, 5) is 14.2. The Hall–Kier alpha value is -3.25. The van der Waals surface area contributed by atoms with Gasteiger partial charge in [0, 0.05) is 29.5 Å². The average Bonchev–Trinajstić information content (AvgIpc) is 3.58. The lowest BCUT2D eigenvalue weighted by molar-refractivity contribution is 0.0425. The zero-order valence-corrected chi connectivity index (χ0v) is 21.7. The monoisotopic (exact) mass is 543 g/mol. The molecule has 1 saturated heterocycles. The van der Waals surface area contributed by atoms with E-state index >= 15 is 0 Å². The van der Waals surface area contributed by atoms with Crippen LogP contribution in [0.2, 0.25) is 5.02 Å². The number of furan rings is 1. The van der Waals surface area contributed by atoms with E-state index in [-0.39, 0.29) is 30.7 Å². The molecule has 0 N–H and O–H groups in total. The molecule has 37 heavy (non-hydrogen) atoms. The van der Waals surface area contributed by atoms with Crippen LogP contribution < -0.4 is 0 Å². The Balaban J connectivity index is 1.13. The fourth-order valence-corrected chi connectivity index (χ4v) is 6.25. The van der Waals surface area contributed by atoms with Gasteiger partial charge in [-0.05, 0) is 30.8 Å². The summed E-state index contributed by atoms with van der Waals surface area (Å²) in [7, 11) is -1.65. The maximum atomic E-state index is 12.8. The topological polar surface area (TPSA) is 111 Å². The van der Waals surface area contributed by atoms with E-state index in [9.17, 15) is 13.2 Å². The largest absolute Gasteiger partial charge is 0.458 e. The summed E-state index contributed by atoms with van der Waals surface area (Å²) in [6, 6.07) is 16.2. The molecule has 1 fully saturated rings. The number of likely N-dealkylation sites (N-methyl/N-ethyl adjacent to an activating group) is 1. The minimum atomic E-state index is -3.46. The Kier molecular flexibility index (Phi) is 7.29. The molecule has 2 aromatic heterocycles. The van der Waals surface area contributed by atoms with E-state index < -0.39 is 16.0 Å². The highest BCUT2D eigenvalue weighted by Crippen LogP contribution is 2.22.